The number of rotatable bonds is 6. The van der Waals surface area contributed by atoms with Crippen LogP contribution in [0, 0.1) is 6.92 Å². The van der Waals surface area contributed by atoms with Crippen molar-refractivity contribution < 1.29 is 9.84 Å². The largest absolute Gasteiger partial charge is 0.497 e. The van der Waals surface area contributed by atoms with Gasteiger partial charge in [-0.3, -0.25) is 4.68 Å². The molecule has 0 saturated carbocycles. The van der Waals surface area contributed by atoms with Crippen molar-refractivity contribution in [3.63, 3.8) is 0 Å². The van der Waals surface area contributed by atoms with E-state index in [1.807, 2.05) is 49.1 Å². The van der Waals surface area contributed by atoms with Gasteiger partial charge >= 0.3 is 0 Å². The zero-order valence-corrected chi connectivity index (χ0v) is 13.0. The maximum absolute atomic E-state index is 10.3. The van der Waals surface area contributed by atoms with Crippen LogP contribution in [0.15, 0.2) is 30.5 Å². The Bertz CT molecular complexity index is 595. The van der Waals surface area contributed by atoms with E-state index < -0.39 is 6.10 Å². The molecule has 5 heteroatoms. The van der Waals surface area contributed by atoms with Crippen molar-refractivity contribution >= 4 is 0 Å². The van der Waals surface area contributed by atoms with Gasteiger partial charge in [-0.25, -0.2) is 0 Å². The first-order valence-corrected chi connectivity index (χ1v) is 7.06. The number of aryl methyl sites for hydroxylation is 1. The van der Waals surface area contributed by atoms with Gasteiger partial charge in [0.25, 0.3) is 0 Å². The first-order valence-electron chi connectivity index (χ1n) is 7.06. The number of aliphatic hydroxyl groups is 1. The summed E-state index contributed by atoms with van der Waals surface area (Å²) in [6.07, 6.45) is 1.30. The van der Waals surface area contributed by atoms with Gasteiger partial charge in [-0.05, 0) is 31.5 Å². The highest BCUT2D eigenvalue weighted by Crippen LogP contribution is 2.20. The molecule has 0 aliphatic rings. The number of hydrogen-bond acceptors (Lipinski definition) is 4. The lowest BCUT2D eigenvalue weighted by molar-refractivity contribution is 0.170. The van der Waals surface area contributed by atoms with E-state index in [-0.39, 0.29) is 6.04 Å². The lowest BCUT2D eigenvalue weighted by Crippen LogP contribution is -2.25. The molecule has 0 saturated heterocycles. The molecule has 5 nitrogen and oxygen atoms in total. The molecule has 0 fully saturated rings. The second kappa shape index (κ2) is 6.74. The summed E-state index contributed by atoms with van der Waals surface area (Å²) in [4.78, 5) is 0. The highest BCUT2D eigenvalue weighted by molar-refractivity contribution is 5.30. The van der Waals surface area contributed by atoms with E-state index in [4.69, 9.17) is 4.74 Å². The first-order chi connectivity index (χ1) is 10.0. The van der Waals surface area contributed by atoms with Gasteiger partial charge in [0.05, 0.1) is 19.4 Å². The van der Waals surface area contributed by atoms with Gasteiger partial charge in [-0.1, -0.05) is 12.1 Å². The van der Waals surface area contributed by atoms with E-state index in [9.17, 15) is 5.11 Å². The minimum Gasteiger partial charge on any atom is -0.497 e. The third-order valence-corrected chi connectivity index (χ3v) is 3.84. The Morgan fingerprint density at radius 3 is 2.81 bits per heavy atom. The molecular formula is C16H23N3O2. The van der Waals surface area contributed by atoms with E-state index in [1.165, 1.54) is 0 Å². The van der Waals surface area contributed by atoms with Gasteiger partial charge in [0, 0.05) is 30.9 Å². The number of nitrogens with one attached hydrogen (secondary N) is 1. The topological polar surface area (TPSA) is 59.3 Å². The molecule has 2 aromatic rings. The van der Waals surface area contributed by atoms with Crippen molar-refractivity contribution in [1.82, 2.24) is 15.1 Å². The van der Waals surface area contributed by atoms with Crippen LogP contribution < -0.4 is 10.1 Å². The number of aromatic nitrogens is 2. The summed E-state index contributed by atoms with van der Waals surface area (Å²) < 4.78 is 7.03. The molecule has 2 unspecified atom stereocenters. The average Bonchev–Trinajstić information content (AvgIpc) is 2.84. The molecule has 0 amide bonds. The Morgan fingerprint density at radius 2 is 2.19 bits per heavy atom. The number of hydrogen-bond donors (Lipinski definition) is 2. The highest BCUT2D eigenvalue weighted by atomic mass is 16.5. The molecule has 21 heavy (non-hydrogen) atoms. The van der Waals surface area contributed by atoms with E-state index in [0.717, 1.165) is 22.6 Å². The molecule has 0 aliphatic heterocycles. The number of aliphatic hydroxyl groups excluding tert-OH is 1. The van der Waals surface area contributed by atoms with Gasteiger partial charge in [0.1, 0.15) is 5.75 Å². The quantitative estimate of drug-likeness (QED) is 0.855. The number of methoxy groups -OCH3 is 1. The van der Waals surface area contributed by atoms with Crippen LogP contribution in [0.2, 0.25) is 0 Å². The molecular weight excluding hydrogens is 266 g/mol. The summed E-state index contributed by atoms with van der Waals surface area (Å²) in [5.41, 5.74) is 3.12. The third-order valence-electron chi connectivity index (χ3n) is 3.84. The first kappa shape index (κ1) is 15.5. The lowest BCUT2D eigenvalue weighted by atomic mass is 10.1. The van der Waals surface area contributed by atoms with Crippen molar-refractivity contribution in [2.45, 2.75) is 26.0 Å². The maximum atomic E-state index is 10.3. The van der Waals surface area contributed by atoms with E-state index in [1.54, 1.807) is 7.11 Å². The van der Waals surface area contributed by atoms with Crippen LogP contribution in [0.5, 0.6) is 5.75 Å². The lowest BCUT2D eigenvalue weighted by Gasteiger charge is -2.18. The summed E-state index contributed by atoms with van der Waals surface area (Å²) in [5, 5.41) is 17.9. The summed E-state index contributed by atoms with van der Waals surface area (Å²) >= 11 is 0. The predicted molar refractivity (Wildman–Crippen MR) is 82.3 cm³/mol. The Hall–Kier alpha value is -1.85. The van der Waals surface area contributed by atoms with Gasteiger partial charge in [0.15, 0.2) is 0 Å². The van der Waals surface area contributed by atoms with Crippen molar-refractivity contribution in [1.29, 1.82) is 0 Å². The molecule has 2 rings (SSSR count). The predicted octanol–water partition coefficient (Wildman–Crippen LogP) is 2.12. The van der Waals surface area contributed by atoms with E-state index in [2.05, 4.69) is 17.3 Å². The fourth-order valence-corrected chi connectivity index (χ4v) is 2.31. The second-order valence-corrected chi connectivity index (χ2v) is 5.23. The summed E-state index contributed by atoms with van der Waals surface area (Å²) in [6.45, 7) is 4.59. The van der Waals surface area contributed by atoms with Crippen LogP contribution in [0.4, 0.5) is 0 Å². The molecule has 0 radical (unpaired) electrons. The van der Waals surface area contributed by atoms with Crippen LogP contribution in [0.1, 0.15) is 35.9 Å². The standard InChI is InChI=1S/C16H23N3O2/c1-11(15-9-18-19(3)12(15)2)17-10-16(20)13-6-5-7-14(8-13)21-4/h5-9,11,16-17,20H,10H2,1-4H3. The van der Waals surface area contributed by atoms with Crippen LogP contribution in [-0.2, 0) is 7.05 Å². The molecule has 1 aromatic heterocycles. The molecule has 114 valence electrons. The fourth-order valence-electron chi connectivity index (χ4n) is 2.31. The second-order valence-electron chi connectivity index (χ2n) is 5.23. The Kier molecular flexibility index (Phi) is 4.98. The maximum Gasteiger partial charge on any atom is 0.119 e. The Labute approximate surface area is 125 Å². The smallest absolute Gasteiger partial charge is 0.119 e. The normalized spacial score (nSPS) is 14.0. The highest BCUT2D eigenvalue weighted by Gasteiger charge is 2.14. The molecule has 0 bridgehead atoms. The van der Waals surface area contributed by atoms with Crippen molar-refractivity contribution in [3.8, 4) is 5.75 Å². The fraction of sp³-hybridized carbons (Fsp3) is 0.438. The van der Waals surface area contributed by atoms with Gasteiger partial charge < -0.3 is 15.2 Å². The Balaban J connectivity index is 1.97. The van der Waals surface area contributed by atoms with Crippen molar-refractivity contribution in [3.05, 3.63) is 47.3 Å². The van der Waals surface area contributed by atoms with Crippen LogP contribution in [-0.4, -0.2) is 28.5 Å². The summed E-state index contributed by atoms with van der Waals surface area (Å²) in [6, 6.07) is 7.64. The monoisotopic (exact) mass is 289 g/mol. The average molecular weight is 289 g/mol. The van der Waals surface area contributed by atoms with Crippen molar-refractivity contribution in [2.75, 3.05) is 13.7 Å². The molecule has 0 aliphatic carbocycles. The van der Waals surface area contributed by atoms with Gasteiger partial charge in [-0.2, -0.15) is 5.10 Å². The van der Waals surface area contributed by atoms with Crippen LogP contribution in [0.3, 0.4) is 0 Å². The molecule has 2 N–H and O–H groups in total. The summed E-state index contributed by atoms with van der Waals surface area (Å²) in [5.74, 6) is 0.753. The zero-order valence-electron chi connectivity index (χ0n) is 13.0. The molecule has 1 aromatic carbocycles. The van der Waals surface area contributed by atoms with E-state index >= 15 is 0 Å². The number of ether oxygens (including phenoxy) is 1. The van der Waals surface area contributed by atoms with Crippen LogP contribution >= 0.6 is 0 Å². The van der Waals surface area contributed by atoms with Gasteiger partial charge in [0.2, 0.25) is 0 Å². The molecule has 2 atom stereocenters. The molecule has 0 spiro atoms. The van der Waals surface area contributed by atoms with Crippen LogP contribution in [0.25, 0.3) is 0 Å². The molecule has 1 heterocycles. The number of nitrogens with zero attached hydrogens (tertiary/aromatic N) is 2. The third kappa shape index (κ3) is 3.62. The Morgan fingerprint density at radius 1 is 1.43 bits per heavy atom. The SMILES string of the molecule is COc1cccc(C(O)CNC(C)c2cnn(C)c2C)c1. The van der Waals surface area contributed by atoms with Gasteiger partial charge in [-0.15, -0.1) is 0 Å². The number of benzene rings is 1. The summed E-state index contributed by atoms with van der Waals surface area (Å²) in [7, 11) is 3.55. The minimum atomic E-state index is -0.570. The van der Waals surface area contributed by atoms with Crippen molar-refractivity contribution in [2.24, 2.45) is 7.05 Å². The minimum absolute atomic E-state index is 0.138. The van der Waals surface area contributed by atoms with E-state index in [0.29, 0.717) is 6.54 Å². The zero-order chi connectivity index (χ0) is 15.4.